The van der Waals surface area contributed by atoms with Crippen molar-refractivity contribution in [1.82, 2.24) is 20.0 Å². The van der Waals surface area contributed by atoms with Gasteiger partial charge in [0.05, 0.1) is 6.04 Å². The Balaban J connectivity index is 1.27. The van der Waals surface area contributed by atoms with E-state index in [0.717, 1.165) is 77.6 Å². The summed E-state index contributed by atoms with van der Waals surface area (Å²) in [6.07, 6.45) is 1.09. The number of benzene rings is 1. The molecule has 1 amide bonds. The van der Waals surface area contributed by atoms with E-state index in [1.165, 1.54) is 12.1 Å². The quantitative estimate of drug-likeness (QED) is 0.827. The highest BCUT2D eigenvalue weighted by Gasteiger charge is 2.35. The van der Waals surface area contributed by atoms with Gasteiger partial charge in [-0.1, -0.05) is 0 Å². The van der Waals surface area contributed by atoms with Gasteiger partial charge in [-0.05, 0) is 37.6 Å². The maximum absolute atomic E-state index is 13.1. The molecule has 3 heterocycles. The fourth-order valence-corrected chi connectivity index (χ4v) is 4.73. The minimum absolute atomic E-state index is 0.0721. The van der Waals surface area contributed by atoms with Crippen LogP contribution in [0.5, 0.6) is 0 Å². The van der Waals surface area contributed by atoms with Gasteiger partial charge in [0.15, 0.2) is 0 Å². The molecule has 0 aliphatic carbocycles. The van der Waals surface area contributed by atoms with Crippen LogP contribution in [0.15, 0.2) is 24.3 Å². The molecule has 1 aromatic rings. The molecule has 1 N–H and O–H groups in total. The summed E-state index contributed by atoms with van der Waals surface area (Å²) in [5.74, 6) is 0.0687. The van der Waals surface area contributed by atoms with Crippen LogP contribution in [0.25, 0.3) is 0 Å². The maximum atomic E-state index is 13.1. The average molecular weight is 390 g/mol. The van der Waals surface area contributed by atoms with E-state index < -0.39 is 0 Å². The number of piperazine rings is 2. The SMILES string of the molecule is CC(C(=O)N1CCC(N2CCNCC2)C1)N1CCN(c2ccc(F)cc2)CC1. The first-order chi connectivity index (χ1) is 13.6. The lowest BCUT2D eigenvalue weighted by atomic mass is 10.2. The minimum atomic E-state index is -0.202. The second-order valence-electron chi connectivity index (χ2n) is 8.19. The Morgan fingerprint density at radius 2 is 1.71 bits per heavy atom. The summed E-state index contributed by atoms with van der Waals surface area (Å²) in [5, 5.41) is 3.40. The number of likely N-dealkylation sites (tertiary alicyclic amines) is 1. The molecule has 1 aromatic carbocycles. The zero-order valence-electron chi connectivity index (χ0n) is 16.8. The lowest BCUT2D eigenvalue weighted by molar-refractivity contribution is -0.135. The molecule has 0 saturated carbocycles. The van der Waals surface area contributed by atoms with Crippen LogP contribution in [0.1, 0.15) is 13.3 Å². The second-order valence-corrected chi connectivity index (χ2v) is 8.19. The summed E-state index contributed by atoms with van der Waals surface area (Å²) in [6.45, 7) is 11.6. The van der Waals surface area contributed by atoms with E-state index in [1.807, 2.05) is 19.1 Å². The Kier molecular flexibility index (Phi) is 6.13. The molecule has 0 radical (unpaired) electrons. The van der Waals surface area contributed by atoms with Crippen molar-refractivity contribution in [3.63, 3.8) is 0 Å². The van der Waals surface area contributed by atoms with Crippen molar-refractivity contribution >= 4 is 11.6 Å². The number of carbonyl (C=O) groups excluding carboxylic acids is 1. The van der Waals surface area contributed by atoms with Gasteiger partial charge in [-0.25, -0.2) is 4.39 Å². The molecule has 3 aliphatic rings. The first-order valence-corrected chi connectivity index (χ1v) is 10.6. The summed E-state index contributed by atoms with van der Waals surface area (Å²) < 4.78 is 13.1. The Morgan fingerprint density at radius 3 is 2.39 bits per heavy atom. The van der Waals surface area contributed by atoms with Crippen molar-refractivity contribution < 1.29 is 9.18 Å². The number of nitrogens with one attached hydrogen (secondary N) is 1. The molecular formula is C21H32FN5O. The monoisotopic (exact) mass is 389 g/mol. The number of halogens is 1. The molecule has 6 nitrogen and oxygen atoms in total. The largest absolute Gasteiger partial charge is 0.369 e. The second kappa shape index (κ2) is 8.76. The minimum Gasteiger partial charge on any atom is -0.369 e. The third kappa shape index (κ3) is 4.31. The topological polar surface area (TPSA) is 42.1 Å². The van der Waals surface area contributed by atoms with Crippen LogP contribution in [-0.4, -0.2) is 98.1 Å². The van der Waals surface area contributed by atoms with Gasteiger partial charge < -0.3 is 15.1 Å². The molecule has 0 bridgehead atoms. The fourth-order valence-electron chi connectivity index (χ4n) is 4.73. The van der Waals surface area contributed by atoms with Gasteiger partial charge in [0, 0.05) is 77.2 Å². The van der Waals surface area contributed by atoms with E-state index in [1.54, 1.807) is 0 Å². The molecule has 3 aliphatic heterocycles. The summed E-state index contributed by atoms with van der Waals surface area (Å²) in [5.41, 5.74) is 1.05. The molecule has 0 aromatic heterocycles. The van der Waals surface area contributed by atoms with Crippen LogP contribution in [0.3, 0.4) is 0 Å². The van der Waals surface area contributed by atoms with Crippen molar-refractivity contribution in [1.29, 1.82) is 0 Å². The van der Waals surface area contributed by atoms with E-state index in [4.69, 9.17) is 0 Å². The van der Waals surface area contributed by atoms with E-state index in [9.17, 15) is 9.18 Å². The van der Waals surface area contributed by atoms with Gasteiger partial charge in [-0.3, -0.25) is 14.6 Å². The summed E-state index contributed by atoms with van der Waals surface area (Å²) >= 11 is 0. The number of hydrogen-bond donors (Lipinski definition) is 1. The van der Waals surface area contributed by atoms with Crippen molar-refractivity contribution in [3.05, 3.63) is 30.1 Å². The number of anilines is 1. The molecule has 7 heteroatoms. The third-order valence-corrected chi connectivity index (χ3v) is 6.55. The molecule has 28 heavy (non-hydrogen) atoms. The van der Waals surface area contributed by atoms with Crippen LogP contribution >= 0.6 is 0 Å². The van der Waals surface area contributed by atoms with Crippen LogP contribution < -0.4 is 10.2 Å². The first kappa shape index (κ1) is 19.6. The summed E-state index contributed by atoms with van der Waals surface area (Å²) in [6, 6.07) is 7.14. The molecule has 3 saturated heterocycles. The maximum Gasteiger partial charge on any atom is 0.239 e. The number of nitrogens with zero attached hydrogens (tertiary/aromatic N) is 4. The predicted molar refractivity (Wildman–Crippen MR) is 109 cm³/mol. The van der Waals surface area contributed by atoms with Gasteiger partial charge in [-0.2, -0.15) is 0 Å². The van der Waals surface area contributed by atoms with Gasteiger partial charge in [0.2, 0.25) is 5.91 Å². The Labute approximate surface area is 167 Å². The molecule has 2 unspecified atom stereocenters. The van der Waals surface area contributed by atoms with Gasteiger partial charge in [0.1, 0.15) is 5.82 Å². The summed E-state index contributed by atoms with van der Waals surface area (Å²) in [7, 11) is 0. The van der Waals surface area contributed by atoms with Crippen molar-refractivity contribution in [3.8, 4) is 0 Å². The van der Waals surface area contributed by atoms with E-state index in [2.05, 4.69) is 24.9 Å². The third-order valence-electron chi connectivity index (χ3n) is 6.55. The molecular weight excluding hydrogens is 357 g/mol. The highest BCUT2D eigenvalue weighted by Crippen LogP contribution is 2.21. The van der Waals surface area contributed by atoms with Gasteiger partial charge in [0.25, 0.3) is 0 Å². The first-order valence-electron chi connectivity index (χ1n) is 10.6. The van der Waals surface area contributed by atoms with Crippen LogP contribution in [-0.2, 0) is 4.79 Å². The normalized spacial score (nSPS) is 25.9. The van der Waals surface area contributed by atoms with Crippen LogP contribution in [0.2, 0.25) is 0 Å². The van der Waals surface area contributed by atoms with Crippen LogP contribution in [0.4, 0.5) is 10.1 Å². The smallest absolute Gasteiger partial charge is 0.239 e. The predicted octanol–water partition coefficient (Wildman–Crippen LogP) is 0.842. The molecule has 4 rings (SSSR count). The molecule has 3 fully saturated rings. The standard InChI is InChI=1S/C21H32FN5O/c1-17(21(28)27-9-6-20(16-27)25-10-7-23-8-11-25)24-12-14-26(15-13-24)19-4-2-18(22)3-5-19/h2-5,17,20,23H,6-16H2,1H3. The number of carbonyl (C=O) groups is 1. The Hall–Kier alpha value is -1.70. The Bertz CT molecular complexity index is 655. The lowest BCUT2D eigenvalue weighted by Crippen LogP contribution is -2.55. The van der Waals surface area contributed by atoms with Gasteiger partial charge in [-0.15, -0.1) is 0 Å². The number of amides is 1. The van der Waals surface area contributed by atoms with E-state index in [0.29, 0.717) is 6.04 Å². The van der Waals surface area contributed by atoms with E-state index >= 15 is 0 Å². The summed E-state index contributed by atoms with van der Waals surface area (Å²) in [4.78, 5) is 22.2. The lowest BCUT2D eigenvalue weighted by Gasteiger charge is -2.39. The van der Waals surface area contributed by atoms with E-state index in [-0.39, 0.29) is 17.8 Å². The van der Waals surface area contributed by atoms with Crippen molar-refractivity contribution in [2.24, 2.45) is 0 Å². The highest BCUT2D eigenvalue weighted by molar-refractivity contribution is 5.81. The zero-order chi connectivity index (χ0) is 19.5. The number of hydrogen-bond acceptors (Lipinski definition) is 5. The fraction of sp³-hybridized carbons (Fsp3) is 0.667. The van der Waals surface area contributed by atoms with Crippen molar-refractivity contribution in [2.75, 3.05) is 70.3 Å². The zero-order valence-corrected chi connectivity index (χ0v) is 16.8. The molecule has 154 valence electrons. The van der Waals surface area contributed by atoms with Crippen LogP contribution in [0, 0.1) is 5.82 Å². The Morgan fingerprint density at radius 1 is 1.04 bits per heavy atom. The average Bonchev–Trinajstić information content (AvgIpc) is 3.24. The molecule has 0 spiro atoms. The highest BCUT2D eigenvalue weighted by atomic mass is 19.1. The number of rotatable bonds is 4. The van der Waals surface area contributed by atoms with Crippen molar-refractivity contribution in [2.45, 2.75) is 25.4 Å². The van der Waals surface area contributed by atoms with Gasteiger partial charge >= 0.3 is 0 Å². The molecule has 2 atom stereocenters.